The minimum atomic E-state index is -4.99. The van der Waals surface area contributed by atoms with Crippen molar-refractivity contribution in [1.82, 2.24) is 14.9 Å². The molecule has 11 heteroatoms. The molecule has 0 unspecified atom stereocenters. The summed E-state index contributed by atoms with van der Waals surface area (Å²) in [5, 5.41) is 2.03. The van der Waals surface area contributed by atoms with E-state index in [0.717, 1.165) is 15.7 Å². The molecule has 1 amide bonds. The highest BCUT2D eigenvalue weighted by Crippen LogP contribution is 2.37. The van der Waals surface area contributed by atoms with Crippen molar-refractivity contribution in [2.45, 2.75) is 24.1 Å². The maximum absolute atomic E-state index is 13.5. The Hall–Kier alpha value is -3.60. The summed E-state index contributed by atoms with van der Waals surface area (Å²) in [7, 11) is 1.30. The van der Waals surface area contributed by atoms with Crippen LogP contribution in [0.25, 0.3) is 21.9 Å². The maximum atomic E-state index is 13.5. The van der Waals surface area contributed by atoms with Crippen molar-refractivity contribution in [3.05, 3.63) is 89.2 Å². The highest BCUT2D eigenvalue weighted by molar-refractivity contribution is 7.98. The number of hydrogen-bond donors (Lipinski definition) is 0. The van der Waals surface area contributed by atoms with Gasteiger partial charge in [0.2, 0.25) is 0 Å². The fourth-order valence-corrected chi connectivity index (χ4v) is 4.26. The van der Waals surface area contributed by atoms with Gasteiger partial charge in [-0.3, -0.25) is 4.79 Å². The second-order valence-electron chi connectivity index (χ2n) is 8.22. The van der Waals surface area contributed by atoms with Gasteiger partial charge in [0.25, 0.3) is 5.91 Å². The molecule has 37 heavy (non-hydrogen) atoms. The first-order chi connectivity index (χ1) is 17.4. The van der Waals surface area contributed by atoms with E-state index in [1.165, 1.54) is 25.0 Å². The average molecular weight is 536 g/mol. The summed E-state index contributed by atoms with van der Waals surface area (Å²) < 4.78 is 79.7. The lowest BCUT2D eigenvalue weighted by Gasteiger charge is -2.21. The third-order valence-electron chi connectivity index (χ3n) is 5.65. The van der Waals surface area contributed by atoms with Crippen LogP contribution in [0, 0.1) is 0 Å². The van der Waals surface area contributed by atoms with Crippen LogP contribution in [0.15, 0.2) is 72.0 Å². The molecule has 0 saturated carbocycles. The number of nitrogens with zero attached hydrogens (tertiary/aromatic N) is 3. The number of carbonyl (C=O) groups is 1. The molecule has 0 N–H and O–H groups in total. The second-order valence-corrected chi connectivity index (χ2v) is 8.99. The first kappa shape index (κ1) is 26.5. The van der Waals surface area contributed by atoms with E-state index >= 15 is 0 Å². The van der Waals surface area contributed by atoms with Crippen LogP contribution in [-0.4, -0.2) is 34.1 Å². The maximum Gasteiger partial charge on any atom is 0.416 e. The molecule has 1 aromatic heterocycles. The predicted octanol–water partition coefficient (Wildman–Crippen LogP) is 7.33. The molecular formula is C26H19F6N3OS. The Morgan fingerprint density at radius 1 is 0.892 bits per heavy atom. The molecule has 0 atom stereocenters. The first-order valence-corrected chi connectivity index (χ1v) is 12.0. The van der Waals surface area contributed by atoms with Crippen molar-refractivity contribution in [2.24, 2.45) is 0 Å². The van der Waals surface area contributed by atoms with Crippen molar-refractivity contribution in [3.63, 3.8) is 0 Å². The van der Waals surface area contributed by atoms with Gasteiger partial charge in [-0.2, -0.15) is 26.3 Å². The van der Waals surface area contributed by atoms with Crippen molar-refractivity contribution >= 4 is 28.4 Å². The minimum Gasteiger partial charge on any atom is -0.336 e. The van der Waals surface area contributed by atoms with Crippen molar-refractivity contribution in [2.75, 3.05) is 13.3 Å². The van der Waals surface area contributed by atoms with Gasteiger partial charge in [0.05, 0.1) is 11.1 Å². The Kier molecular flexibility index (Phi) is 7.18. The normalized spacial score (nSPS) is 12.1. The Bertz CT molecular complexity index is 1430. The van der Waals surface area contributed by atoms with Crippen LogP contribution < -0.4 is 0 Å². The number of halogens is 6. The van der Waals surface area contributed by atoms with Crippen molar-refractivity contribution in [3.8, 4) is 11.1 Å². The van der Waals surface area contributed by atoms with Gasteiger partial charge >= 0.3 is 12.4 Å². The Morgan fingerprint density at radius 3 is 2.14 bits per heavy atom. The van der Waals surface area contributed by atoms with E-state index in [1.54, 1.807) is 18.4 Å². The van der Waals surface area contributed by atoms with Gasteiger partial charge < -0.3 is 4.90 Å². The zero-order chi connectivity index (χ0) is 27.0. The van der Waals surface area contributed by atoms with Gasteiger partial charge in [0.1, 0.15) is 5.69 Å². The molecule has 0 radical (unpaired) electrons. The lowest BCUT2D eigenvalue weighted by molar-refractivity contribution is -0.143. The quantitative estimate of drug-likeness (QED) is 0.153. The van der Waals surface area contributed by atoms with Crippen molar-refractivity contribution < 1.29 is 31.1 Å². The third-order valence-corrected chi connectivity index (χ3v) is 6.21. The SMILES string of the molecule is CSc1ncc(-c2cccc3ccccc23)c(C(=O)N(C)Cc2cc(C(F)(F)F)cc(C(F)(F)F)c2)n1. The molecule has 0 bridgehead atoms. The lowest BCUT2D eigenvalue weighted by Crippen LogP contribution is -2.28. The lowest BCUT2D eigenvalue weighted by atomic mass is 9.97. The molecule has 4 nitrogen and oxygen atoms in total. The van der Waals surface area contributed by atoms with Gasteiger partial charge in [-0.25, -0.2) is 9.97 Å². The number of amides is 1. The third kappa shape index (κ3) is 5.71. The summed E-state index contributed by atoms with van der Waals surface area (Å²) >= 11 is 1.19. The van der Waals surface area contributed by atoms with E-state index in [4.69, 9.17) is 0 Å². The van der Waals surface area contributed by atoms with E-state index in [9.17, 15) is 31.1 Å². The number of fused-ring (bicyclic) bond motifs is 1. The zero-order valence-corrected chi connectivity index (χ0v) is 20.3. The summed E-state index contributed by atoms with van der Waals surface area (Å²) in [6.45, 7) is -0.501. The summed E-state index contributed by atoms with van der Waals surface area (Å²) in [5.74, 6) is -0.674. The van der Waals surface area contributed by atoms with Crippen LogP contribution >= 0.6 is 11.8 Å². The largest absolute Gasteiger partial charge is 0.416 e. The number of benzene rings is 3. The number of rotatable bonds is 5. The van der Waals surface area contributed by atoms with Gasteiger partial charge in [0.15, 0.2) is 5.16 Å². The molecule has 0 spiro atoms. The number of aromatic nitrogens is 2. The van der Waals surface area contributed by atoms with Gasteiger partial charge in [-0.1, -0.05) is 54.2 Å². The van der Waals surface area contributed by atoms with E-state index in [1.807, 2.05) is 30.3 Å². The monoisotopic (exact) mass is 535 g/mol. The van der Waals surface area contributed by atoms with Crippen LogP contribution in [0.4, 0.5) is 26.3 Å². The number of thioether (sulfide) groups is 1. The van der Waals surface area contributed by atoms with E-state index in [0.29, 0.717) is 28.4 Å². The molecule has 0 aliphatic rings. The van der Waals surface area contributed by atoms with Crippen LogP contribution in [0.1, 0.15) is 27.2 Å². The van der Waals surface area contributed by atoms with Gasteiger partial charge in [-0.15, -0.1) is 0 Å². The van der Waals surface area contributed by atoms with E-state index in [-0.39, 0.29) is 17.3 Å². The standard InChI is InChI=1S/C26H19F6N3OS/c1-35(14-15-10-17(25(27,28)29)12-18(11-15)26(30,31)32)23(36)22-21(13-33-24(34-22)37-2)20-9-5-7-16-6-3-4-8-19(16)20/h3-13H,14H2,1-2H3. The van der Waals surface area contributed by atoms with Crippen LogP contribution in [0.5, 0.6) is 0 Å². The molecule has 0 aliphatic carbocycles. The van der Waals surface area contributed by atoms with Gasteiger partial charge in [-0.05, 0) is 46.4 Å². The van der Waals surface area contributed by atoms with E-state index < -0.39 is 35.9 Å². The topological polar surface area (TPSA) is 46.1 Å². The Balaban J connectivity index is 1.76. The van der Waals surface area contributed by atoms with Crippen LogP contribution in [-0.2, 0) is 18.9 Å². The molecule has 0 saturated heterocycles. The summed E-state index contributed by atoms with van der Waals surface area (Å²) in [6, 6.07) is 14.2. The Labute approximate surface area is 212 Å². The number of carbonyl (C=O) groups excluding carboxylic acids is 1. The Morgan fingerprint density at radius 2 is 1.51 bits per heavy atom. The van der Waals surface area contributed by atoms with E-state index in [2.05, 4.69) is 9.97 Å². The second kappa shape index (κ2) is 10.0. The summed E-state index contributed by atoms with van der Waals surface area (Å²) in [6.07, 6.45) is -6.76. The molecule has 0 aliphatic heterocycles. The smallest absolute Gasteiger partial charge is 0.336 e. The molecule has 4 aromatic rings. The van der Waals surface area contributed by atoms with Gasteiger partial charge in [0, 0.05) is 25.4 Å². The molecule has 3 aromatic carbocycles. The molecular weight excluding hydrogens is 516 g/mol. The van der Waals surface area contributed by atoms with Crippen LogP contribution in [0.3, 0.4) is 0 Å². The predicted molar refractivity (Wildman–Crippen MR) is 129 cm³/mol. The molecule has 0 fully saturated rings. The minimum absolute atomic E-state index is 0.0128. The number of hydrogen-bond acceptors (Lipinski definition) is 4. The average Bonchev–Trinajstić information content (AvgIpc) is 2.86. The fourth-order valence-electron chi connectivity index (χ4n) is 3.92. The summed E-state index contributed by atoms with van der Waals surface area (Å²) in [5.41, 5.74) is -2.15. The first-order valence-electron chi connectivity index (χ1n) is 10.8. The van der Waals surface area contributed by atoms with Crippen molar-refractivity contribution in [1.29, 1.82) is 0 Å². The highest BCUT2D eigenvalue weighted by atomic mass is 32.2. The highest BCUT2D eigenvalue weighted by Gasteiger charge is 2.37. The molecule has 192 valence electrons. The number of alkyl halides is 6. The molecule has 4 rings (SSSR count). The molecule has 1 heterocycles. The van der Waals surface area contributed by atoms with Crippen LogP contribution in [0.2, 0.25) is 0 Å². The fraction of sp³-hybridized carbons (Fsp3) is 0.192. The zero-order valence-electron chi connectivity index (χ0n) is 19.5. The summed E-state index contributed by atoms with van der Waals surface area (Å²) in [4.78, 5) is 23.2.